The largest absolute Gasteiger partial charge is 0.312 e. The molecule has 0 unspecified atom stereocenters. The second kappa shape index (κ2) is 5.32. The van der Waals surface area contributed by atoms with E-state index >= 15 is 0 Å². The molecule has 0 saturated heterocycles. The van der Waals surface area contributed by atoms with Crippen LogP contribution in [0.3, 0.4) is 0 Å². The molecule has 0 atom stereocenters. The van der Waals surface area contributed by atoms with E-state index in [1.807, 2.05) is 0 Å². The second-order valence-electron chi connectivity index (χ2n) is 4.78. The predicted octanol–water partition coefficient (Wildman–Crippen LogP) is 3.46. The molecule has 1 saturated carbocycles. The summed E-state index contributed by atoms with van der Waals surface area (Å²) in [6, 6.07) is 3.54. The lowest BCUT2D eigenvalue weighted by Crippen LogP contribution is -2.24. The van der Waals surface area contributed by atoms with Crippen LogP contribution in [0.2, 0.25) is 0 Å². The Morgan fingerprint density at radius 3 is 2.71 bits per heavy atom. The van der Waals surface area contributed by atoms with Gasteiger partial charge < -0.3 is 5.32 Å². The van der Waals surface area contributed by atoms with E-state index < -0.39 is 5.82 Å². The summed E-state index contributed by atoms with van der Waals surface area (Å²) in [6.07, 6.45) is 3.35. The lowest BCUT2D eigenvalue weighted by atomic mass is 10.0. The molecule has 0 aliphatic heterocycles. The van der Waals surface area contributed by atoms with Gasteiger partial charge in [0.15, 0.2) is 0 Å². The van der Waals surface area contributed by atoms with E-state index in [2.05, 4.69) is 5.32 Å². The van der Waals surface area contributed by atoms with Crippen LogP contribution in [0.25, 0.3) is 0 Å². The van der Waals surface area contributed by atoms with Gasteiger partial charge in [0.25, 0.3) is 0 Å². The smallest absolute Gasteiger partial charge is 0.127 e. The second-order valence-corrected chi connectivity index (χ2v) is 5.16. The summed E-state index contributed by atoms with van der Waals surface area (Å²) < 4.78 is 26.3. The van der Waals surface area contributed by atoms with Crippen LogP contribution in [0.1, 0.15) is 24.8 Å². The van der Waals surface area contributed by atoms with Crippen molar-refractivity contribution in [2.24, 2.45) is 5.41 Å². The highest BCUT2D eigenvalue weighted by atomic mass is 35.5. The maximum Gasteiger partial charge on any atom is 0.127 e. The van der Waals surface area contributed by atoms with E-state index in [1.54, 1.807) is 0 Å². The third-order valence-corrected chi connectivity index (χ3v) is 3.59. The van der Waals surface area contributed by atoms with Crippen LogP contribution in [0.5, 0.6) is 0 Å². The molecule has 1 aliphatic rings. The van der Waals surface area contributed by atoms with Crippen LogP contribution >= 0.6 is 11.6 Å². The van der Waals surface area contributed by atoms with E-state index in [-0.39, 0.29) is 5.82 Å². The zero-order chi connectivity index (χ0) is 12.3. The lowest BCUT2D eigenvalue weighted by Gasteiger charge is -2.14. The fraction of sp³-hybridized carbons (Fsp3) is 0.538. The van der Waals surface area contributed by atoms with Gasteiger partial charge >= 0.3 is 0 Å². The van der Waals surface area contributed by atoms with Crippen molar-refractivity contribution in [3.63, 3.8) is 0 Å². The van der Waals surface area contributed by atoms with Crippen molar-refractivity contribution in [3.05, 3.63) is 35.4 Å². The zero-order valence-corrected chi connectivity index (χ0v) is 10.4. The summed E-state index contributed by atoms with van der Waals surface area (Å²) in [5.74, 6) is -0.0955. The fourth-order valence-electron chi connectivity index (χ4n) is 2.03. The summed E-state index contributed by atoms with van der Waals surface area (Å²) in [5, 5.41) is 3.19. The Labute approximate surface area is 105 Å². The minimum Gasteiger partial charge on any atom is -0.312 e. The molecule has 1 fully saturated rings. The molecule has 0 radical (unpaired) electrons. The van der Waals surface area contributed by atoms with Crippen molar-refractivity contribution in [1.29, 1.82) is 0 Å². The van der Waals surface area contributed by atoms with E-state index in [9.17, 15) is 8.78 Å². The van der Waals surface area contributed by atoms with Gasteiger partial charge in [-0.2, -0.15) is 0 Å². The van der Waals surface area contributed by atoms with Crippen molar-refractivity contribution >= 4 is 11.6 Å². The monoisotopic (exact) mass is 259 g/mol. The van der Waals surface area contributed by atoms with Crippen molar-refractivity contribution in [2.75, 3.05) is 12.4 Å². The number of rotatable bonds is 6. The topological polar surface area (TPSA) is 12.0 Å². The summed E-state index contributed by atoms with van der Waals surface area (Å²) >= 11 is 5.73. The quantitative estimate of drug-likeness (QED) is 0.772. The number of hydrogen-bond acceptors (Lipinski definition) is 1. The number of hydrogen-bond donors (Lipinski definition) is 1. The van der Waals surface area contributed by atoms with E-state index in [0.717, 1.165) is 25.1 Å². The Bertz CT molecular complexity index is 391. The summed E-state index contributed by atoms with van der Waals surface area (Å²) in [5.41, 5.74) is 0.692. The average molecular weight is 260 g/mol. The standard InChI is InChI=1S/C13H16ClF2N/c14-6-5-13(3-4-13)9-17-8-10-7-11(15)1-2-12(10)16/h1-2,7,17H,3-6,8-9H2. The molecule has 0 spiro atoms. The van der Waals surface area contributed by atoms with Crippen molar-refractivity contribution in [2.45, 2.75) is 25.8 Å². The van der Waals surface area contributed by atoms with Crippen LogP contribution < -0.4 is 5.32 Å². The highest BCUT2D eigenvalue weighted by molar-refractivity contribution is 6.17. The van der Waals surface area contributed by atoms with Gasteiger partial charge in [-0.1, -0.05) is 0 Å². The molecule has 0 bridgehead atoms. The molecule has 4 heteroatoms. The minimum absolute atomic E-state index is 0.311. The maximum absolute atomic E-state index is 13.3. The van der Waals surface area contributed by atoms with Crippen LogP contribution in [0.4, 0.5) is 8.78 Å². The minimum atomic E-state index is -0.398. The highest BCUT2D eigenvalue weighted by Gasteiger charge is 2.41. The van der Waals surface area contributed by atoms with Gasteiger partial charge in [0, 0.05) is 24.5 Å². The van der Waals surface area contributed by atoms with Gasteiger partial charge in [0.05, 0.1) is 0 Å². The highest BCUT2D eigenvalue weighted by Crippen LogP contribution is 2.48. The summed E-state index contributed by atoms with van der Waals surface area (Å²) in [7, 11) is 0. The first-order valence-corrected chi connectivity index (χ1v) is 6.39. The molecule has 1 aliphatic carbocycles. The molecule has 0 amide bonds. The zero-order valence-electron chi connectivity index (χ0n) is 9.61. The lowest BCUT2D eigenvalue weighted by molar-refractivity contribution is 0.441. The molecular formula is C13H16ClF2N. The van der Waals surface area contributed by atoms with Gasteiger partial charge in [-0.25, -0.2) is 8.78 Å². The third-order valence-electron chi connectivity index (χ3n) is 3.41. The third kappa shape index (κ3) is 3.39. The van der Waals surface area contributed by atoms with Crippen molar-refractivity contribution < 1.29 is 8.78 Å². The SMILES string of the molecule is Fc1ccc(F)c(CNCC2(CCCl)CC2)c1. The maximum atomic E-state index is 13.3. The first-order valence-electron chi connectivity index (χ1n) is 5.86. The normalized spacial score (nSPS) is 17.1. The Morgan fingerprint density at radius 2 is 2.06 bits per heavy atom. The molecule has 1 N–H and O–H groups in total. The van der Waals surface area contributed by atoms with E-state index in [4.69, 9.17) is 11.6 Å². The fourth-order valence-corrected chi connectivity index (χ4v) is 2.43. The van der Waals surface area contributed by atoms with Crippen molar-refractivity contribution in [1.82, 2.24) is 5.32 Å². The van der Waals surface area contributed by atoms with Gasteiger partial charge in [-0.3, -0.25) is 0 Å². The summed E-state index contributed by atoms with van der Waals surface area (Å²) in [4.78, 5) is 0. The van der Waals surface area contributed by atoms with Crippen LogP contribution in [-0.2, 0) is 6.54 Å². The van der Waals surface area contributed by atoms with Crippen LogP contribution in [0.15, 0.2) is 18.2 Å². The number of halogens is 3. The molecule has 94 valence electrons. The van der Waals surface area contributed by atoms with Gasteiger partial charge in [0.2, 0.25) is 0 Å². The first-order chi connectivity index (χ1) is 8.15. The molecule has 0 aromatic heterocycles. The molecule has 2 rings (SSSR count). The van der Waals surface area contributed by atoms with Gasteiger partial charge in [-0.05, 0) is 42.9 Å². The molecule has 1 nitrogen and oxygen atoms in total. The Balaban J connectivity index is 1.84. The molecule has 0 heterocycles. The van der Waals surface area contributed by atoms with E-state index in [0.29, 0.717) is 23.4 Å². The summed E-state index contributed by atoms with van der Waals surface area (Å²) in [6.45, 7) is 1.20. The Hall–Kier alpha value is -0.670. The van der Waals surface area contributed by atoms with Crippen molar-refractivity contribution in [3.8, 4) is 0 Å². The average Bonchev–Trinajstić information content (AvgIpc) is 3.04. The molecule has 1 aromatic carbocycles. The predicted molar refractivity (Wildman–Crippen MR) is 65.1 cm³/mol. The molecule has 17 heavy (non-hydrogen) atoms. The van der Waals surface area contributed by atoms with Crippen LogP contribution in [-0.4, -0.2) is 12.4 Å². The molecule has 1 aromatic rings. The number of alkyl halides is 1. The number of benzene rings is 1. The first kappa shape index (κ1) is 12.8. The van der Waals surface area contributed by atoms with Gasteiger partial charge in [-0.15, -0.1) is 11.6 Å². The van der Waals surface area contributed by atoms with E-state index in [1.165, 1.54) is 18.9 Å². The van der Waals surface area contributed by atoms with Gasteiger partial charge in [0.1, 0.15) is 11.6 Å². The molecular weight excluding hydrogens is 244 g/mol. The Kier molecular flexibility index (Phi) is 4.00. The van der Waals surface area contributed by atoms with Crippen LogP contribution in [0, 0.1) is 17.0 Å². The number of nitrogens with one attached hydrogen (secondary N) is 1. The Morgan fingerprint density at radius 1 is 1.29 bits per heavy atom.